The van der Waals surface area contributed by atoms with Crippen LogP contribution in [0.3, 0.4) is 0 Å². The fourth-order valence-corrected chi connectivity index (χ4v) is 2.61. The summed E-state index contributed by atoms with van der Waals surface area (Å²) < 4.78 is 26.6. The number of aliphatic hydroxyl groups is 1. The lowest BCUT2D eigenvalue weighted by molar-refractivity contribution is 0.199. The zero-order valence-electron chi connectivity index (χ0n) is 11.1. The lowest BCUT2D eigenvalue weighted by Crippen LogP contribution is -2.25. The summed E-state index contributed by atoms with van der Waals surface area (Å²) in [5.74, 6) is 0.455. The Bertz CT molecular complexity index is 481. The number of rotatable bonds is 6. The van der Waals surface area contributed by atoms with E-state index in [1.165, 1.54) is 12.1 Å². The van der Waals surface area contributed by atoms with E-state index in [9.17, 15) is 13.5 Å². The Kier molecular flexibility index (Phi) is 5.31. The molecule has 1 unspecified atom stereocenters. The van der Waals surface area contributed by atoms with E-state index in [0.717, 1.165) is 6.42 Å². The average molecular weight is 271 g/mol. The molecule has 0 aliphatic carbocycles. The van der Waals surface area contributed by atoms with Crippen molar-refractivity contribution in [3.05, 3.63) is 29.8 Å². The predicted molar refractivity (Wildman–Crippen MR) is 71.7 cm³/mol. The number of aliphatic hydroxyl groups excluding tert-OH is 1. The van der Waals surface area contributed by atoms with Gasteiger partial charge in [0, 0.05) is 6.54 Å². The van der Waals surface area contributed by atoms with Gasteiger partial charge in [-0.05, 0) is 37.0 Å². The minimum absolute atomic E-state index is 0.199. The highest BCUT2D eigenvalue weighted by Gasteiger charge is 2.14. The summed E-state index contributed by atoms with van der Waals surface area (Å²) in [5.41, 5.74) is 0.599. The summed E-state index contributed by atoms with van der Waals surface area (Å²) in [7, 11) is -3.47. The molecule has 0 bridgehead atoms. The van der Waals surface area contributed by atoms with Crippen LogP contribution in [0.1, 0.15) is 38.9 Å². The largest absolute Gasteiger partial charge is 0.389 e. The van der Waals surface area contributed by atoms with Crippen molar-refractivity contribution in [2.24, 2.45) is 5.92 Å². The first-order valence-electron chi connectivity index (χ1n) is 6.10. The maximum Gasteiger partial charge on any atom is 0.240 e. The monoisotopic (exact) mass is 271 g/mol. The van der Waals surface area contributed by atoms with Crippen molar-refractivity contribution in [2.45, 2.75) is 38.2 Å². The van der Waals surface area contributed by atoms with E-state index in [2.05, 4.69) is 4.72 Å². The van der Waals surface area contributed by atoms with Gasteiger partial charge in [-0.1, -0.05) is 26.0 Å². The van der Waals surface area contributed by atoms with Gasteiger partial charge < -0.3 is 5.11 Å². The molecule has 1 aromatic rings. The van der Waals surface area contributed by atoms with Crippen LogP contribution < -0.4 is 4.72 Å². The first-order valence-corrected chi connectivity index (χ1v) is 7.59. The first-order chi connectivity index (χ1) is 8.33. The van der Waals surface area contributed by atoms with Gasteiger partial charge in [0.1, 0.15) is 0 Å². The van der Waals surface area contributed by atoms with Crippen molar-refractivity contribution in [1.29, 1.82) is 0 Å². The Morgan fingerprint density at radius 1 is 1.28 bits per heavy atom. The normalized spacial score (nSPS) is 13.8. The molecule has 0 heterocycles. The van der Waals surface area contributed by atoms with Crippen LogP contribution in [0.25, 0.3) is 0 Å². The summed E-state index contributed by atoms with van der Waals surface area (Å²) in [6, 6.07) is 6.38. The van der Waals surface area contributed by atoms with E-state index >= 15 is 0 Å². The molecule has 18 heavy (non-hydrogen) atoms. The van der Waals surface area contributed by atoms with E-state index in [1.807, 2.05) is 13.8 Å². The van der Waals surface area contributed by atoms with Gasteiger partial charge in [0.05, 0.1) is 11.0 Å². The van der Waals surface area contributed by atoms with Gasteiger partial charge in [-0.15, -0.1) is 0 Å². The number of benzene rings is 1. The van der Waals surface area contributed by atoms with Crippen LogP contribution in [-0.2, 0) is 10.0 Å². The van der Waals surface area contributed by atoms with Crippen LogP contribution in [0.4, 0.5) is 0 Å². The van der Waals surface area contributed by atoms with Crippen LogP contribution in [0.5, 0.6) is 0 Å². The van der Waals surface area contributed by atoms with E-state index < -0.39 is 16.1 Å². The van der Waals surface area contributed by atoms with Gasteiger partial charge in [0.15, 0.2) is 0 Å². The highest BCUT2D eigenvalue weighted by Crippen LogP contribution is 2.17. The second kappa shape index (κ2) is 6.31. The van der Waals surface area contributed by atoms with Crippen molar-refractivity contribution in [3.63, 3.8) is 0 Å². The molecule has 1 atom stereocenters. The molecule has 0 aromatic heterocycles. The Balaban J connectivity index is 2.81. The first kappa shape index (κ1) is 15.1. The van der Waals surface area contributed by atoms with Gasteiger partial charge in [0.2, 0.25) is 10.0 Å². The highest BCUT2D eigenvalue weighted by molar-refractivity contribution is 7.89. The van der Waals surface area contributed by atoms with Crippen molar-refractivity contribution in [3.8, 4) is 0 Å². The maximum atomic E-state index is 12.0. The summed E-state index contributed by atoms with van der Waals surface area (Å²) in [6.45, 7) is 6.13. The highest BCUT2D eigenvalue weighted by atomic mass is 32.2. The molecular weight excluding hydrogens is 250 g/mol. The molecule has 0 radical (unpaired) electrons. The predicted octanol–water partition coefficient (Wildman–Crippen LogP) is 2.06. The zero-order valence-corrected chi connectivity index (χ0v) is 11.9. The van der Waals surface area contributed by atoms with Crippen LogP contribution in [0.15, 0.2) is 29.2 Å². The molecule has 0 aliphatic heterocycles. The summed E-state index contributed by atoms with van der Waals surface area (Å²) >= 11 is 0. The molecule has 2 N–H and O–H groups in total. The fraction of sp³-hybridized carbons (Fsp3) is 0.538. The fourth-order valence-electron chi connectivity index (χ4n) is 1.51. The third kappa shape index (κ3) is 4.40. The van der Waals surface area contributed by atoms with Crippen LogP contribution >= 0.6 is 0 Å². The Morgan fingerprint density at radius 2 is 1.94 bits per heavy atom. The van der Waals surface area contributed by atoms with Gasteiger partial charge >= 0.3 is 0 Å². The quantitative estimate of drug-likeness (QED) is 0.832. The Morgan fingerprint density at radius 3 is 2.50 bits per heavy atom. The lowest BCUT2D eigenvalue weighted by Gasteiger charge is -2.10. The summed E-state index contributed by atoms with van der Waals surface area (Å²) in [5, 5.41) is 9.45. The van der Waals surface area contributed by atoms with E-state index in [4.69, 9.17) is 0 Å². The van der Waals surface area contributed by atoms with Crippen molar-refractivity contribution >= 4 is 10.0 Å². The van der Waals surface area contributed by atoms with E-state index in [-0.39, 0.29) is 4.90 Å². The van der Waals surface area contributed by atoms with Gasteiger partial charge in [0.25, 0.3) is 0 Å². The molecule has 0 saturated carbocycles. The Labute approximate surface area is 109 Å². The van der Waals surface area contributed by atoms with Crippen LogP contribution in [-0.4, -0.2) is 20.1 Å². The second-order valence-electron chi connectivity index (χ2n) is 4.83. The average Bonchev–Trinajstić information content (AvgIpc) is 2.28. The zero-order chi connectivity index (χ0) is 13.8. The third-order valence-electron chi connectivity index (χ3n) is 2.66. The number of sulfonamides is 1. The minimum Gasteiger partial charge on any atom is -0.389 e. The topological polar surface area (TPSA) is 66.4 Å². The van der Waals surface area contributed by atoms with E-state index in [0.29, 0.717) is 18.0 Å². The SMILES string of the molecule is CC(C)CCNS(=O)(=O)c1cccc(C(C)O)c1. The van der Waals surface area contributed by atoms with Gasteiger partial charge in [-0.25, -0.2) is 13.1 Å². The second-order valence-corrected chi connectivity index (χ2v) is 6.60. The molecule has 1 aromatic carbocycles. The van der Waals surface area contributed by atoms with Crippen molar-refractivity contribution in [2.75, 3.05) is 6.54 Å². The number of hydrogen-bond acceptors (Lipinski definition) is 3. The van der Waals surface area contributed by atoms with E-state index in [1.54, 1.807) is 19.1 Å². The minimum atomic E-state index is -3.47. The van der Waals surface area contributed by atoms with Gasteiger partial charge in [-0.2, -0.15) is 0 Å². The van der Waals surface area contributed by atoms with Crippen LogP contribution in [0.2, 0.25) is 0 Å². The standard InChI is InChI=1S/C13H21NO3S/c1-10(2)7-8-14-18(16,17)13-6-4-5-12(9-13)11(3)15/h4-6,9-11,14-15H,7-8H2,1-3H3. The molecule has 0 aliphatic rings. The van der Waals surface area contributed by atoms with Crippen molar-refractivity contribution < 1.29 is 13.5 Å². The molecule has 4 nitrogen and oxygen atoms in total. The summed E-state index contributed by atoms with van der Waals surface area (Å²) in [6.07, 6.45) is 0.130. The Hall–Kier alpha value is -0.910. The summed E-state index contributed by atoms with van der Waals surface area (Å²) in [4.78, 5) is 0.199. The molecule has 0 fully saturated rings. The van der Waals surface area contributed by atoms with Crippen LogP contribution in [0, 0.1) is 5.92 Å². The molecule has 1 rings (SSSR count). The third-order valence-corrected chi connectivity index (χ3v) is 4.12. The van der Waals surface area contributed by atoms with Gasteiger partial charge in [-0.3, -0.25) is 0 Å². The smallest absolute Gasteiger partial charge is 0.240 e. The molecule has 0 spiro atoms. The molecule has 0 saturated heterocycles. The molecule has 0 amide bonds. The molecule has 5 heteroatoms. The lowest BCUT2D eigenvalue weighted by atomic mass is 10.1. The molecule has 102 valence electrons. The molecular formula is C13H21NO3S. The maximum absolute atomic E-state index is 12.0. The number of nitrogens with one attached hydrogen (secondary N) is 1. The van der Waals surface area contributed by atoms with Crippen molar-refractivity contribution in [1.82, 2.24) is 4.72 Å². The number of hydrogen-bond donors (Lipinski definition) is 2.